The molecule has 0 atom stereocenters. The second kappa shape index (κ2) is 4.96. The monoisotopic (exact) mass is 246 g/mol. The summed E-state index contributed by atoms with van der Waals surface area (Å²) in [6.45, 7) is 3.58. The standard InChI is InChI=1S/C14H14O4/c1-3-17-13-8-12(18-9(2)15)10-6-4-5-7-11(10)14(13)16/h4-8,16H,3H2,1-2H3. The third-order valence-electron chi connectivity index (χ3n) is 2.50. The number of benzene rings is 2. The molecule has 0 aliphatic carbocycles. The highest BCUT2D eigenvalue weighted by Gasteiger charge is 2.14. The summed E-state index contributed by atoms with van der Waals surface area (Å²) in [6, 6.07) is 8.68. The van der Waals surface area contributed by atoms with Crippen molar-refractivity contribution in [3.05, 3.63) is 30.3 Å². The number of rotatable bonds is 3. The number of carbonyl (C=O) groups is 1. The van der Waals surface area contributed by atoms with Crippen molar-refractivity contribution < 1.29 is 19.4 Å². The quantitative estimate of drug-likeness (QED) is 0.668. The van der Waals surface area contributed by atoms with Crippen LogP contribution in [0.2, 0.25) is 0 Å². The van der Waals surface area contributed by atoms with E-state index < -0.39 is 5.97 Å². The number of fused-ring (bicyclic) bond motifs is 1. The normalized spacial score (nSPS) is 10.3. The molecule has 2 rings (SSSR count). The van der Waals surface area contributed by atoms with E-state index in [1.165, 1.54) is 13.0 Å². The topological polar surface area (TPSA) is 55.8 Å². The van der Waals surface area contributed by atoms with Crippen LogP contribution in [0.25, 0.3) is 10.8 Å². The minimum absolute atomic E-state index is 0.0587. The number of hydrogen-bond donors (Lipinski definition) is 1. The van der Waals surface area contributed by atoms with Gasteiger partial charge in [-0.25, -0.2) is 0 Å². The molecule has 0 aliphatic rings. The number of hydrogen-bond acceptors (Lipinski definition) is 4. The van der Waals surface area contributed by atoms with Gasteiger partial charge in [0.1, 0.15) is 5.75 Å². The van der Waals surface area contributed by atoms with E-state index in [0.717, 1.165) is 0 Å². The Balaban J connectivity index is 2.67. The molecular weight excluding hydrogens is 232 g/mol. The summed E-state index contributed by atoms with van der Waals surface area (Å²) in [5.41, 5.74) is 0. The van der Waals surface area contributed by atoms with Crippen LogP contribution in [-0.2, 0) is 4.79 Å². The van der Waals surface area contributed by atoms with E-state index in [1.54, 1.807) is 18.2 Å². The van der Waals surface area contributed by atoms with Crippen molar-refractivity contribution >= 4 is 16.7 Å². The molecule has 0 aromatic heterocycles. The van der Waals surface area contributed by atoms with Crippen molar-refractivity contribution in [3.8, 4) is 17.2 Å². The van der Waals surface area contributed by atoms with Crippen molar-refractivity contribution in [1.29, 1.82) is 0 Å². The largest absolute Gasteiger partial charge is 0.504 e. The summed E-state index contributed by atoms with van der Waals surface area (Å²) >= 11 is 0. The van der Waals surface area contributed by atoms with E-state index >= 15 is 0 Å². The molecule has 4 heteroatoms. The summed E-state index contributed by atoms with van der Waals surface area (Å²) in [4.78, 5) is 11.1. The van der Waals surface area contributed by atoms with Gasteiger partial charge >= 0.3 is 5.97 Å². The SMILES string of the molecule is CCOc1cc(OC(C)=O)c2ccccc2c1O. The molecule has 94 valence electrons. The van der Waals surface area contributed by atoms with Gasteiger partial charge < -0.3 is 14.6 Å². The van der Waals surface area contributed by atoms with E-state index in [0.29, 0.717) is 28.9 Å². The van der Waals surface area contributed by atoms with Gasteiger partial charge in [-0.3, -0.25) is 4.79 Å². The molecule has 4 nitrogen and oxygen atoms in total. The molecule has 0 fully saturated rings. The van der Waals surface area contributed by atoms with E-state index in [1.807, 2.05) is 13.0 Å². The molecule has 0 saturated heterocycles. The molecule has 18 heavy (non-hydrogen) atoms. The van der Waals surface area contributed by atoms with Crippen molar-refractivity contribution in [3.63, 3.8) is 0 Å². The van der Waals surface area contributed by atoms with Gasteiger partial charge in [-0.1, -0.05) is 24.3 Å². The molecular formula is C14H14O4. The summed E-state index contributed by atoms with van der Waals surface area (Å²) in [5.74, 6) is 0.350. The highest BCUT2D eigenvalue weighted by Crippen LogP contribution is 2.40. The molecule has 0 amide bonds. The summed E-state index contributed by atoms with van der Waals surface area (Å²) < 4.78 is 10.5. The van der Waals surface area contributed by atoms with Crippen molar-refractivity contribution in [1.82, 2.24) is 0 Å². The molecule has 0 spiro atoms. The second-order valence-corrected chi connectivity index (χ2v) is 3.79. The van der Waals surface area contributed by atoms with E-state index in [2.05, 4.69) is 0 Å². The summed E-state index contributed by atoms with van der Waals surface area (Å²) in [7, 11) is 0. The summed E-state index contributed by atoms with van der Waals surface area (Å²) in [6.07, 6.45) is 0. The molecule has 0 bridgehead atoms. The first kappa shape index (κ1) is 12.2. The lowest BCUT2D eigenvalue weighted by atomic mass is 10.1. The van der Waals surface area contributed by atoms with E-state index in [-0.39, 0.29) is 5.75 Å². The molecule has 0 heterocycles. The number of phenols is 1. The lowest BCUT2D eigenvalue weighted by molar-refractivity contribution is -0.131. The van der Waals surface area contributed by atoms with Crippen LogP contribution in [-0.4, -0.2) is 17.7 Å². The van der Waals surface area contributed by atoms with Crippen LogP contribution in [0.5, 0.6) is 17.2 Å². The Hall–Kier alpha value is -2.23. The number of carbonyl (C=O) groups excluding carboxylic acids is 1. The maximum Gasteiger partial charge on any atom is 0.308 e. The van der Waals surface area contributed by atoms with Gasteiger partial charge in [0, 0.05) is 23.8 Å². The van der Waals surface area contributed by atoms with E-state index in [4.69, 9.17) is 9.47 Å². The van der Waals surface area contributed by atoms with Gasteiger partial charge in [0.15, 0.2) is 11.5 Å². The predicted molar refractivity (Wildman–Crippen MR) is 68.1 cm³/mol. The average Bonchev–Trinajstić information content (AvgIpc) is 2.35. The Labute approximate surface area is 105 Å². The van der Waals surface area contributed by atoms with Crippen LogP contribution in [0.3, 0.4) is 0 Å². The third-order valence-corrected chi connectivity index (χ3v) is 2.50. The zero-order valence-electron chi connectivity index (χ0n) is 10.3. The molecule has 0 unspecified atom stereocenters. The van der Waals surface area contributed by atoms with Gasteiger partial charge in [0.2, 0.25) is 0 Å². The zero-order valence-corrected chi connectivity index (χ0v) is 10.3. The van der Waals surface area contributed by atoms with E-state index in [9.17, 15) is 9.90 Å². The highest BCUT2D eigenvalue weighted by atomic mass is 16.5. The van der Waals surface area contributed by atoms with Gasteiger partial charge in [-0.05, 0) is 6.92 Å². The molecule has 2 aromatic carbocycles. The number of phenolic OH excluding ortho intramolecular Hbond substituents is 1. The minimum atomic E-state index is -0.409. The zero-order chi connectivity index (χ0) is 13.1. The van der Waals surface area contributed by atoms with Gasteiger partial charge in [-0.2, -0.15) is 0 Å². The first-order chi connectivity index (χ1) is 8.63. The highest BCUT2D eigenvalue weighted by molar-refractivity contribution is 5.96. The molecule has 0 radical (unpaired) electrons. The van der Waals surface area contributed by atoms with Crippen LogP contribution in [0.15, 0.2) is 30.3 Å². The Bertz CT molecular complexity index is 590. The number of ether oxygens (including phenoxy) is 2. The fraction of sp³-hybridized carbons (Fsp3) is 0.214. The van der Waals surface area contributed by atoms with Crippen molar-refractivity contribution in [2.24, 2.45) is 0 Å². The molecule has 0 aliphatic heterocycles. The second-order valence-electron chi connectivity index (χ2n) is 3.79. The lowest BCUT2D eigenvalue weighted by Gasteiger charge is -2.12. The summed E-state index contributed by atoms with van der Waals surface area (Å²) in [5, 5.41) is 11.3. The van der Waals surface area contributed by atoms with Crippen molar-refractivity contribution in [2.45, 2.75) is 13.8 Å². The average molecular weight is 246 g/mol. The number of aromatic hydroxyl groups is 1. The number of esters is 1. The van der Waals surface area contributed by atoms with Gasteiger partial charge in [0.05, 0.1) is 6.61 Å². The first-order valence-corrected chi connectivity index (χ1v) is 5.69. The van der Waals surface area contributed by atoms with Crippen LogP contribution in [0.1, 0.15) is 13.8 Å². The molecule has 2 aromatic rings. The van der Waals surface area contributed by atoms with Gasteiger partial charge in [-0.15, -0.1) is 0 Å². The Morgan fingerprint density at radius 2 is 1.89 bits per heavy atom. The van der Waals surface area contributed by atoms with Crippen LogP contribution in [0, 0.1) is 0 Å². The lowest BCUT2D eigenvalue weighted by Crippen LogP contribution is -2.02. The molecule has 0 saturated carbocycles. The Kier molecular flexibility index (Phi) is 3.37. The maximum absolute atomic E-state index is 11.1. The van der Waals surface area contributed by atoms with Crippen LogP contribution in [0.4, 0.5) is 0 Å². The maximum atomic E-state index is 11.1. The van der Waals surface area contributed by atoms with Crippen molar-refractivity contribution in [2.75, 3.05) is 6.61 Å². The fourth-order valence-electron chi connectivity index (χ4n) is 1.81. The Morgan fingerprint density at radius 3 is 2.50 bits per heavy atom. The van der Waals surface area contributed by atoms with Crippen LogP contribution >= 0.6 is 0 Å². The minimum Gasteiger partial charge on any atom is -0.504 e. The van der Waals surface area contributed by atoms with Gasteiger partial charge in [0.25, 0.3) is 0 Å². The Morgan fingerprint density at radius 1 is 1.22 bits per heavy atom. The van der Waals surface area contributed by atoms with Crippen LogP contribution < -0.4 is 9.47 Å². The first-order valence-electron chi connectivity index (χ1n) is 5.69. The molecule has 1 N–H and O–H groups in total. The smallest absolute Gasteiger partial charge is 0.308 e. The predicted octanol–water partition coefficient (Wildman–Crippen LogP) is 2.87. The fourth-order valence-corrected chi connectivity index (χ4v) is 1.81. The third kappa shape index (κ3) is 2.22.